The smallest absolute Gasteiger partial charge is 0.303 e. The molecule has 0 radical (unpaired) electrons. The molecule has 5 atom stereocenters. The lowest BCUT2D eigenvalue weighted by Gasteiger charge is -2.55. The maximum Gasteiger partial charge on any atom is 0.303 e. The van der Waals surface area contributed by atoms with Crippen molar-refractivity contribution < 1.29 is 19.1 Å². The largest absolute Gasteiger partial charge is 0.451 e. The molecule has 0 aromatic heterocycles. The first kappa shape index (κ1) is 24.0. The van der Waals surface area contributed by atoms with Gasteiger partial charge in [-0.15, -0.1) is 0 Å². The second-order valence-corrected chi connectivity index (χ2v) is 11.5. The summed E-state index contributed by atoms with van der Waals surface area (Å²) in [7, 11) is 4.08. The van der Waals surface area contributed by atoms with Crippen molar-refractivity contribution in [2.45, 2.75) is 77.2 Å². The fourth-order valence-electron chi connectivity index (χ4n) is 8.02. The fraction of sp³-hybridized carbons (Fsp3) is 0.567. The average molecular weight is 476 g/mol. The van der Waals surface area contributed by atoms with Crippen molar-refractivity contribution in [1.82, 2.24) is 0 Å². The van der Waals surface area contributed by atoms with Crippen LogP contribution in [0.15, 0.2) is 47.1 Å². The van der Waals surface area contributed by atoms with Crippen molar-refractivity contribution in [1.29, 1.82) is 0 Å². The molecule has 1 aromatic carbocycles. The molecule has 4 aliphatic carbocycles. The van der Waals surface area contributed by atoms with Crippen LogP contribution in [0.3, 0.4) is 0 Å². The molecule has 5 rings (SSSR count). The number of fused-ring (bicyclic) bond motifs is 4. The highest BCUT2D eigenvalue weighted by Crippen LogP contribution is 2.67. The summed E-state index contributed by atoms with van der Waals surface area (Å²) in [5.41, 5.74) is 4.98. The standard InChI is InChI=1S/C30H37NO4/c1-18(32)30(35-19(2)33)15-14-27-25-12-8-21-16-23(34)11-13-24(21)28(25)26(17-29(27,30)3)20-6-9-22(10-7-20)31(4)5/h6-7,9-10,16,25-27H,8,11-15,17H2,1-5H3/t25?,26?,27?,29-,30-/m0/s1. The monoisotopic (exact) mass is 475 g/mol. The Bertz CT molecular complexity index is 1140. The number of esters is 1. The molecule has 0 N–H and O–H groups in total. The van der Waals surface area contributed by atoms with Crippen LogP contribution in [0.1, 0.15) is 77.2 Å². The molecule has 0 heterocycles. The second kappa shape index (κ2) is 8.46. The minimum absolute atomic E-state index is 0.0323. The van der Waals surface area contributed by atoms with E-state index in [9.17, 15) is 14.4 Å². The van der Waals surface area contributed by atoms with E-state index in [2.05, 4.69) is 36.1 Å². The van der Waals surface area contributed by atoms with Crippen LogP contribution in [0.25, 0.3) is 0 Å². The van der Waals surface area contributed by atoms with Crippen LogP contribution in [0, 0.1) is 17.3 Å². The molecule has 2 fully saturated rings. The van der Waals surface area contributed by atoms with Crippen molar-refractivity contribution in [2.75, 3.05) is 19.0 Å². The van der Waals surface area contributed by atoms with Gasteiger partial charge in [0.05, 0.1) is 0 Å². The number of nitrogens with zero attached hydrogens (tertiary/aromatic N) is 1. The zero-order valence-electron chi connectivity index (χ0n) is 21.6. The number of hydrogen-bond acceptors (Lipinski definition) is 5. The first-order valence-corrected chi connectivity index (χ1v) is 13.0. The average Bonchev–Trinajstić information content (AvgIpc) is 3.10. The third kappa shape index (κ3) is 3.61. The minimum Gasteiger partial charge on any atom is -0.451 e. The van der Waals surface area contributed by atoms with Gasteiger partial charge in [0.2, 0.25) is 0 Å². The van der Waals surface area contributed by atoms with Crippen LogP contribution in [-0.4, -0.2) is 37.2 Å². The zero-order valence-corrected chi connectivity index (χ0v) is 21.6. The van der Waals surface area contributed by atoms with E-state index in [1.165, 1.54) is 29.2 Å². The van der Waals surface area contributed by atoms with E-state index in [-0.39, 0.29) is 29.4 Å². The number of allylic oxidation sites excluding steroid dienone is 4. The molecule has 4 aliphatic rings. The summed E-state index contributed by atoms with van der Waals surface area (Å²) in [5.74, 6) is 0.584. The van der Waals surface area contributed by atoms with Crippen molar-refractivity contribution in [3.8, 4) is 0 Å². The normalized spacial score (nSPS) is 33.9. The van der Waals surface area contributed by atoms with E-state index >= 15 is 0 Å². The van der Waals surface area contributed by atoms with E-state index < -0.39 is 11.0 Å². The number of ether oxygens (including phenoxy) is 1. The molecule has 0 aliphatic heterocycles. The van der Waals surface area contributed by atoms with Gasteiger partial charge < -0.3 is 9.64 Å². The van der Waals surface area contributed by atoms with Gasteiger partial charge in [-0.1, -0.05) is 24.6 Å². The number of Topliss-reactive ketones (excluding diaryl/α,β-unsaturated/α-hetero) is 1. The zero-order chi connectivity index (χ0) is 25.1. The third-order valence-corrected chi connectivity index (χ3v) is 9.55. The number of anilines is 1. The molecular formula is C30H37NO4. The Kier molecular flexibility index (Phi) is 5.81. The van der Waals surface area contributed by atoms with E-state index in [0.717, 1.165) is 37.8 Å². The Labute approximate surface area is 208 Å². The van der Waals surface area contributed by atoms with Gasteiger partial charge in [0, 0.05) is 44.5 Å². The van der Waals surface area contributed by atoms with Crippen molar-refractivity contribution in [2.24, 2.45) is 17.3 Å². The van der Waals surface area contributed by atoms with Crippen LogP contribution in [0.4, 0.5) is 5.69 Å². The lowest BCUT2D eigenvalue weighted by atomic mass is 9.50. The third-order valence-electron chi connectivity index (χ3n) is 9.55. The molecule has 2 saturated carbocycles. The first-order chi connectivity index (χ1) is 16.6. The number of carbonyl (C=O) groups excluding carboxylic acids is 3. The number of hydrogen-bond donors (Lipinski definition) is 0. The van der Waals surface area contributed by atoms with E-state index in [1.807, 2.05) is 20.2 Å². The Morgan fingerprint density at radius 3 is 2.37 bits per heavy atom. The van der Waals surface area contributed by atoms with Crippen LogP contribution in [0.2, 0.25) is 0 Å². The van der Waals surface area contributed by atoms with Gasteiger partial charge in [0.25, 0.3) is 0 Å². The Hall–Kier alpha value is -2.69. The van der Waals surface area contributed by atoms with Gasteiger partial charge in [-0.25, -0.2) is 0 Å². The quantitative estimate of drug-likeness (QED) is 0.535. The summed E-state index contributed by atoms with van der Waals surface area (Å²) in [5, 5.41) is 0. The molecule has 5 heteroatoms. The molecule has 5 nitrogen and oxygen atoms in total. The predicted octanol–water partition coefficient (Wildman–Crippen LogP) is 5.54. The highest BCUT2D eigenvalue weighted by molar-refractivity contribution is 5.93. The molecule has 3 unspecified atom stereocenters. The summed E-state index contributed by atoms with van der Waals surface area (Å²) >= 11 is 0. The minimum atomic E-state index is -1.07. The number of ketones is 2. The highest BCUT2D eigenvalue weighted by atomic mass is 16.6. The van der Waals surface area contributed by atoms with Crippen LogP contribution >= 0.6 is 0 Å². The summed E-state index contributed by atoms with van der Waals surface area (Å²) in [6.45, 7) is 5.22. The van der Waals surface area contributed by atoms with Crippen molar-refractivity contribution in [3.63, 3.8) is 0 Å². The molecule has 1 aromatic rings. The maximum absolute atomic E-state index is 13.2. The predicted molar refractivity (Wildman–Crippen MR) is 136 cm³/mol. The molecule has 35 heavy (non-hydrogen) atoms. The molecular weight excluding hydrogens is 438 g/mol. The molecule has 186 valence electrons. The van der Waals surface area contributed by atoms with E-state index in [4.69, 9.17) is 4.74 Å². The van der Waals surface area contributed by atoms with Crippen molar-refractivity contribution >= 4 is 23.2 Å². The van der Waals surface area contributed by atoms with Crippen LogP contribution in [-0.2, 0) is 19.1 Å². The van der Waals surface area contributed by atoms with Gasteiger partial charge in [0.15, 0.2) is 17.2 Å². The number of benzene rings is 1. The molecule has 0 bridgehead atoms. The molecule has 0 amide bonds. The van der Waals surface area contributed by atoms with Crippen molar-refractivity contribution in [3.05, 3.63) is 52.6 Å². The first-order valence-electron chi connectivity index (χ1n) is 13.0. The summed E-state index contributed by atoms with van der Waals surface area (Å²) in [6.07, 6.45) is 7.41. The van der Waals surface area contributed by atoms with Crippen LogP contribution in [0.5, 0.6) is 0 Å². The van der Waals surface area contributed by atoms with Gasteiger partial charge in [-0.3, -0.25) is 14.4 Å². The Balaban J connectivity index is 1.68. The lowest BCUT2D eigenvalue weighted by molar-refractivity contribution is -0.182. The Morgan fingerprint density at radius 1 is 1.03 bits per heavy atom. The molecule has 0 spiro atoms. The number of carbonyl (C=O) groups is 3. The fourth-order valence-corrected chi connectivity index (χ4v) is 8.02. The van der Waals surface area contributed by atoms with Gasteiger partial charge in [0.1, 0.15) is 0 Å². The van der Waals surface area contributed by atoms with Gasteiger partial charge in [-0.2, -0.15) is 0 Å². The molecule has 0 saturated heterocycles. The second-order valence-electron chi connectivity index (χ2n) is 11.5. The lowest BCUT2D eigenvalue weighted by Crippen LogP contribution is -2.57. The van der Waals surface area contributed by atoms with Gasteiger partial charge >= 0.3 is 5.97 Å². The highest BCUT2D eigenvalue weighted by Gasteiger charge is 2.67. The van der Waals surface area contributed by atoms with Gasteiger partial charge in [-0.05, 0) is 92.2 Å². The Morgan fingerprint density at radius 2 is 1.74 bits per heavy atom. The summed E-state index contributed by atoms with van der Waals surface area (Å²) in [4.78, 5) is 39.8. The van der Waals surface area contributed by atoms with E-state index in [0.29, 0.717) is 18.8 Å². The maximum atomic E-state index is 13.2. The van der Waals surface area contributed by atoms with Crippen LogP contribution < -0.4 is 4.90 Å². The van der Waals surface area contributed by atoms with E-state index in [1.54, 1.807) is 6.92 Å². The SMILES string of the molecule is CC(=O)O[C@]1(C(C)=O)CCC2C3CCC4=CC(=O)CCC4=C3C(c3ccc(N(C)C)cc3)C[C@@]21C. The number of rotatable bonds is 4. The topological polar surface area (TPSA) is 63.7 Å². The summed E-state index contributed by atoms with van der Waals surface area (Å²) < 4.78 is 6.00. The summed E-state index contributed by atoms with van der Waals surface area (Å²) in [6, 6.07) is 8.76.